The molecule has 0 fully saturated rings. The van der Waals surface area contributed by atoms with E-state index in [1.165, 1.54) is 20.3 Å². The number of rotatable bonds is 5. The molecule has 1 N–H and O–H groups in total. The highest BCUT2D eigenvalue weighted by atomic mass is 16.5. The highest BCUT2D eigenvalue weighted by Gasteiger charge is 2.13. The Balaban J connectivity index is 2.16. The first-order valence-electron chi connectivity index (χ1n) is 8.17. The van der Waals surface area contributed by atoms with Crippen LogP contribution in [0.4, 0.5) is 5.69 Å². The highest BCUT2D eigenvalue weighted by molar-refractivity contribution is 6.08. The lowest BCUT2D eigenvalue weighted by molar-refractivity contribution is -0.111. The molecule has 3 rings (SSSR count). The summed E-state index contributed by atoms with van der Waals surface area (Å²) in [6.07, 6.45) is 1.20. The first-order chi connectivity index (χ1) is 13.1. The molecule has 1 amide bonds. The molecule has 136 valence electrons. The third-order valence-electron chi connectivity index (χ3n) is 4.08. The van der Waals surface area contributed by atoms with E-state index in [4.69, 9.17) is 9.47 Å². The molecule has 0 unspecified atom stereocenters. The zero-order chi connectivity index (χ0) is 19.4. The molecule has 6 heteroatoms. The van der Waals surface area contributed by atoms with Gasteiger partial charge in [0.25, 0.3) is 0 Å². The molecule has 0 saturated carbocycles. The maximum atomic E-state index is 11.9. The van der Waals surface area contributed by atoms with Gasteiger partial charge in [-0.3, -0.25) is 4.79 Å². The Morgan fingerprint density at radius 3 is 2.59 bits per heavy atom. The van der Waals surface area contributed by atoms with Crippen LogP contribution in [0.25, 0.3) is 22.0 Å². The molecule has 0 radical (unpaired) electrons. The molecule has 6 nitrogen and oxygen atoms in total. The number of ether oxygens (including phenoxy) is 2. The van der Waals surface area contributed by atoms with Gasteiger partial charge in [-0.15, -0.1) is 0 Å². The van der Waals surface area contributed by atoms with Crippen molar-refractivity contribution in [3.05, 3.63) is 66.9 Å². The van der Waals surface area contributed by atoms with Crippen molar-refractivity contribution < 1.29 is 19.1 Å². The van der Waals surface area contributed by atoms with E-state index in [0.717, 1.165) is 16.3 Å². The van der Waals surface area contributed by atoms with Crippen LogP contribution in [-0.4, -0.2) is 31.1 Å². The number of carbonyl (C=O) groups is 2. The van der Waals surface area contributed by atoms with Crippen molar-refractivity contribution in [2.75, 3.05) is 19.5 Å². The summed E-state index contributed by atoms with van der Waals surface area (Å²) in [6.45, 7) is 3.49. The minimum atomic E-state index is -0.502. The average molecular weight is 362 g/mol. The van der Waals surface area contributed by atoms with Gasteiger partial charge in [0.15, 0.2) is 0 Å². The van der Waals surface area contributed by atoms with E-state index in [2.05, 4.69) is 16.9 Å². The molecule has 2 aromatic carbocycles. The standard InChI is InChI=1S/C21H18N2O4/c1-4-19(24)23-20-15-12-14(9-8-13(15)10-11-18(20)26-2)16-6-5-7-17(22-16)21(25)27-3/h4-12H,1H2,2-3H3,(H,23,24). The largest absolute Gasteiger partial charge is 0.495 e. The Kier molecular flexibility index (Phi) is 5.17. The second kappa shape index (κ2) is 7.70. The van der Waals surface area contributed by atoms with Crippen molar-refractivity contribution in [1.29, 1.82) is 0 Å². The van der Waals surface area contributed by atoms with Gasteiger partial charge in [-0.25, -0.2) is 9.78 Å². The third kappa shape index (κ3) is 3.64. The number of carbonyl (C=O) groups excluding carboxylic acids is 2. The van der Waals surface area contributed by atoms with Crippen molar-refractivity contribution in [1.82, 2.24) is 4.98 Å². The summed E-state index contributed by atoms with van der Waals surface area (Å²) in [6, 6.07) is 14.5. The second-order valence-electron chi connectivity index (χ2n) is 5.67. The summed E-state index contributed by atoms with van der Waals surface area (Å²) in [5.74, 6) is -0.304. The fourth-order valence-corrected chi connectivity index (χ4v) is 2.75. The van der Waals surface area contributed by atoms with Crippen LogP contribution < -0.4 is 10.1 Å². The van der Waals surface area contributed by atoms with Crippen molar-refractivity contribution in [2.24, 2.45) is 0 Å². The van der Waals surface area contributed by atoms with Crippen LogP contribution in [0, 0.1) is 0 Å². The lowest BCUT2D eigenvalue weighted by Crippen LogP contribution is -2.09. The molecule has 0 atom stereocenters. The SMILES string of the molecule is C=CC(=O)Nc1c(OC)ccc2ccc(-c3cccc(C(=O)OC)n3)cc12. The summed E-state index contributed by atoms with van der Waals surface area (Å²) in [5.41, 5.74) is 2.17. The molecule has 27 heavy (non-hydrogen) atoms. The summed E-state index contributed by atoms with van der Waals surface area (Å²) >= 11 is 0. The quantitative estimate of drug-likeness (QED) is 0.551. The number of hydrogen-bond donors (Lipinski definition) is 1. The Bertz CT molecular complexity index is 1040. The molecule has 1 heterocycles. The van der Waals surface area contributed by atoms with Crippen molar-refractivity contribution in [3.8, 4) is 17.0 Å². The predicted molar refractivity (Wildman–Crippen MR) is 104 cm³/mol. The second-order valence-corrected chi connectivity index (χ2v) is 5.67. The van der Waals surface area contributed by atoms with Gasteiger partial charge in [-0.05, 0) is 35.7 Å². The summed E-state index contributed by atoms with van der Waals surface area (Å²) in [7, 11) is 2.85. The van der Waals surface area contributed by atoms with Gasteiger partial charge in [0.05, 0.1) is 25.6 Å². The van der Waals surface area contributed by atoms with Crippen molar-refractivity contribution >= 4 is 28.3 Å². The Hall–Kier alpha value is -3.67. The smallest absolute Gasteiger partial charge is 0.356 e. The lowest BCUT2D eigenvalue weighted by Gasteiger charge is -2.13. The number of anilines is 1. The number of esters is 1. The van der Waals surface area contributed by atoms with E-state index in [0.29, 0.717) is 17.1 Å². The number of hydrogen-bond acceptors (Lipinski definition) is 5. The maximum absolute atomic E-state index is 11.9. The van der Waals surface area contributed by atoms with Crippen LogP contribution in [-0.2, 0) is 9.53 Å². The number of nitrogens with zero attached hydrogens (tertiary/aromatic N) is 1. The van der Waals surface area contributed by atoms with Crippen molar-refractivity contribution in [3.63, 3.8) is 0 Å². The van der Waals surface area contributed by atoms with E-state index >= 15 is 0 Å². The third-order valence-corrected chi connectivity index (χ3v) is 4.08. The number of benzene rings is 2. The number of aromatic nitrogens is 1. The van der Waals surface area contributed by atoms with E-state index in [1.54, 1.807) is 24.3 Å². The molecule has 0 aliphatic rings. The summed E-state index contributed by atoms with van der Waals surface area (Å²) < 4.78 is 10.1. The van der Waals surface area contributed by atoms with E-state index < -0.39 is 5.97 Å². The number of amides is 1. The minimum Gasteiger partial charge on any atom is -0.495 e. The first kappa shape index (κ1) is 18.1. The van der Waals surface area contributed by atoms with Crippen LogP contribution in [0.2, 0.25) is 0 Å². The molecule has 1 aromatic heterocycles. The molecular formula is C21H18N2O4. The van der Waals surface area contributed by atoms with Crippen molar-refractivity contribution in [2.45, 2.75) is 0 Å². The Morgan fingerprint density at radius 1 is 1.11 bits per heavy atom. The van der Waals surface area contributed by atoms with Gasteiger partial charge in [0, 0.05) is 10.9 Å². The fourth-order valence-electron chi connectivity index (χ4n) is 2.75. The van der Waals surface area contributed by atoms with E-state index in [-0.39, 0.29) is 11.6 Å². The summed E-state index contributed by atoms with van der Waals surface area (Å²) in [4.78, 5) is 28.0. The van der Waals surface area contributed by atoms with Gasteiger partial charge in [-0.2, -0.15) is 0 Å². The summed E-state index contributed by atoms with van der Waals surface area (Å²) in [5, 5.41) is 4.50. The zero-order valence-electron chi connectivity index (χ0n) is 15.0. The van der Waals surface area contributed by atoms with Gasteiger partial charge < -0.3 is 14.8 Å². The lowest BCUT2D eigenvalue weighted by atomic mass is 10.0. The van der Waals surface area contributed by atoms with Gasteiger partial charge >= 0.3 is 5.97 Å². The normalized spacial score (nSPS) is 10.3. The fraction of sp³-hybridized carbons (Fsp3) is 0.0952. The predicted octanol–water partition coefficient (Wildman–Crippen LogP) is 3.82. The topological polar surface area (TPSA) is 77.5 Å². The molecular weight excluding hydrogens is 344 g/mol. The van der Waals surface area contributed by atoms with Crippen LogP contribution in [0.3, 0.4) is 0 Å². The van der Waals surface area contributed by atoms with Gasteiger partial charge in [-0.1, -0.05) is 30.8 Å². The number of methoxy groups -OCH3 is 2. The Labute approximate surface area is 156 Å². The van der Waals surface area contributed by atoms with Crippen LogP contribution in [0.15, 0.2) is 61.2 Å². The molecule has 0 spiro atoms. The molecule has 0 aliphatic heterocycles. The molecule has 0 aliphatic carbocycles. The number of pyridine rings is 1. The molecule has 0 bridgehead atoms. The van der Waals surface area contributed by atoms with E-state index in [9.17, 15) is 9.59 Å². The zero-order valence-corrected chi connectivity index (χ0v) is 15.0. The highest BCUT2D eigenvalue weighted by Crippen LogP contribution is 2.35. The monoisotopic (exact) mass is 362 g/mol. The van der Waals surface area contributed by atoms with Crippen LogP contribution in [0.5, 0.6) is 5.75 Å². The van der Waals surface area contributed by atoms with Gasteiger partial charge in [0.2, 0.25) is 5.91 Å². The average Bonchev–Trinajstić information content (AvgIpc) is 2.72. The maximum Gasteiger partial charge on any atom is 0.356 e. The number of nitrogens with one attached hydrogen (secondary N) is 1. The van der Waals surface area contributed by atoms with Gasteiger partial charge in [0.1, 0.15) is 11.4 Å². The molecule has 0 saturated heterocycles. The van der Waals surface area contributed by atoms with Crippen LogP contribution in [0.1, 0.15) is 10.5 Å². The minimum absolute atomic E-state index is 0.223. The van der Waals surface area contributed by atoms with Crippen LogP contribution >= 0.6 is 0 Å². The van der Waals surface area contributed by atoms with E-state index in [1.807, 2.05) is 24.3 Å². The number of fused-ring (bicyclic) bond motifs is 1. The Morgan fingerprint density at radius 2 is 1.89 bits per heavy atom. The molecule has 3 aromatic rings. The first-order valence-corrected chi connectivity index (χ1v) is 8.17.